The number of aromatic nitrogens is 3. The first-order valence-corrected chi connectivity index (χ1v) is 9.54. The molecule has 0 aliphatic carbocycles. The van der Waals surface area contributed by atoms with Gasteiger partial charge in [-0.05, 0) is 30.3 Å². The van der Waals surface area contributed by atoms with Crippen molar-refractivity contribution in [1.82, 2.24) is 14.8 Å². The lowest BCUT2D eigenvalue weighted by molar-refractivity contribution is 0.102. The van der Waals surface area contributed by atoms with Gasteiger partial charge in [-0.2, -0.15) is 0 Å². The average molecular weight is 383 g/mol. The molecule has 0 amide bonds. The zero-order valence-corrected chi connectivity index (χ0v) is 16.3. The predicted molar refractivity (Wildman–Crippen MR) is 105 cm³/mol. The fourth-order valence-corrected chi connectivity index (χ4v) is 3.55. The number of aryl methyl sites for hydroxylation is 1. The average Bonchev–Trinajstić information content (AvgIpc) is 3.15. The highest BCUT2D eigenvalue weighted by Gasteiger charge is 2.16. The van der Waals surface area contributed by atoms with Crippen molar-refractivity contribution in [2.24, 2.45) is 0 Å². The van der Waals surface area contributed by atoms with Gasteiger partial charge in [0.2, 0.25) is 0 Å². The first-order chi connectivity index (χ1) is 13.2. The molecule has 0 unspecified atom stereocenters. The quantitative estimate of drug-likeness (QED) is 0.435. The van der Waals surface area contributed by atoms with Crippen molar-refractivity contribution >= 4 is 17.5 Å². The molecule has 0 saturated carbocycles. The van der Waals surface area contributed by atoms with Crippen LogP contribution in [0.2, 0.25) is 0 Å². The van der Waals surface area contributed by atoms with E-state index in [9.17, 15) is 4.79 Å². The summed E-state index contributed by atoms with van der Waals surface area (Å²) < 4.78 is 12.5. The van der Waals surface area contributed by atoms with Crippen molar-refractivity contribution in [3.05, 3.63) is 59.9 Å². The summed E-state index contributed by atoms with van der Waals surface area (Å²) in [5.74, 6) is 2.24. The number of hydrogen-bond donors (Lipinski definition) is 0. The van der Waals surface area contributed by atoms with Gasteiger partial charge < -0.3 is 9.47 Å². The molecular formula is C20H21N3O3S. The van der Waals surface area contributed by atoms with E-state index in [0.717, 1.165) is 17.9 Å². The van der Waals surface area contributed by atoms with Crippen molar-refractivity contribution in [3.63, 3.8) is 0 Å². The third-order valence-electron chi connectivity index (χ3n) is 4.07. The van der Waals surface area contributed by atoms with Crippen LogP contribution in [-0.2, 0) is 6.42 Å². The standard InChI is InChI=1S/C20H21N3O3S/c1-4-19-21-22-20(23(19)15-8-6-5-7-9-15)27-13-16(24)14-10-11-17(25-2)18(12-14)26-3/h5-12H,4,13H2,1-3H3. The molecule has 0 fully saturated rings. The van der Waals surface area contributed by atoms with Crippen LogP contribution in [0.15, 0.2) is 53.7 Å². The predicted octanol–water partition coefficient (Wildman–Crippen LogP) is 3.82. The normalized spacial score (nSPS) is 10.6. The Kier molecular flexibility index (Phi) is 6.13. The Morgan fingerprint density at radius 2 is 1.78 bits per heavy atom. The van der Waals surface area contributed by atoms with Crippen LogP contribution in [0.3, 0.4) is 0 Å². The summed E-state index contributed by atoms with van der Waals surface area (Å²) >= 11 is 1.37. The fourth-order valence-electron chi connectivity index (χ4n) is 2.68. The van der Waals surface area contributed by atoms with Gasteiger partial charge in [-0.3, -0.25) is 9.36 Å². The van der Waals surface area contributed by atoms with Crippen molar-refractivity contribution in [2.45, 2.75) is 18.5 Å². The zero-order valence-electron chi connectivity index (χ0n) is 15.5. The molecule has 3 aromatic rings. The van der Waals surface area contributed by atoms with Crippen LogP contribution in [0.1, 0.15) is 23.1 Å². The van der Waals surface area contributed by atoms with E-state index in [-0.39, 0.29) is 11.5 Å². The fraction of sp³-hybridized carbons (Fsp3) is 0.250. The Morgan fingerprint density at radius 1 is 1.04 bits per heavy atom. The molecule has 1 heterocycles. The van der Waals surface area contributed by atoms with Gasteiger partial charge in [0.25, 0.3) is 0 Å². The van der Waals surface area contributed by atoms with Crippen molar-refractivity contribution in [2.75, 3.05) is 20.0 Å². The molecule has 0 spiro atoms. The van der Waals surface area contributed by atoms with Crippen LogP contribution in [0, 0.1) is 0 Å². The van der Waals surface area contributed by atoms with Gasteiger partial charge in [-0.15, -0.1) is 10.2 Å². The smallest absolute Gasteiger partial charge is 0.196 e. The number of hydrogen-bond acceptors (Lipinski definition) is 6. The summed E-state index contributed by atoms with van der Waals surface area (Å²) in [5.41, 5.74) is 1.56. The van der Waals surface area contributed by atoms with Gasteiger partial charge >= 0.3 is 0 Å². The number of Topliss-reactive ketones (excluding diaryl/α,β-unsaturated/α-hetero) is 1. The molecule has 0 aliphatic rings. The molecule has 140 valence electrons. The first kappa shape index (κ1) is 19.0. The van der Waals surface area contributed by atoms with E-state index in [4.69, 9.17) is 9.47 Å². The van der Waals surface area contributed by atoms with Gasteiger partial charge in [-0.1, -0.05) is 36.9 Å². The maximum Gasteiger partial charge on any atom is 0.196 e. The van der Waals surface area contributed by atoms with E-state index in [1.807, 2.05) is 41.8 Å². The van der Waals surface area contributed by atoms with Gasteiger partial charge in [-0.25, -0.2) is 0 Å². The van der Waals surface area contributed by atoms with Crippen molar-refractivity contribution in [3.8, 4) is 17.2 Å². The molecule has 0 saturated heterocycles. The number of nitrogens with zero attached hydrogens (tertiary/aromatic N) is 3. The second-order valence-corrected chi connectivity index (χ2v) is 6.65. The highest BCUT2D eigenvalue weighted by Crippen LogP contribution is 2.29. The Morgan fingerprint density at radius 3 is 2.44 bits per heavy atom. The van der Waals surface area contributed by atoms with Crippen molar-refractivity contribution < 1.29 is 14.3 Å². The molecule has 2 aromatic carbocycles. The number of ketones is 1. The van der Waals surface area contributed by atoms with E-state index in [1.165, 1.54) is 11.8 Å². The highest BCUT2D eigenvalue weighted by atomic mass is 32.2. The summed E-state index contributed by atoms with van der Waals surface area (Å²) in [6, 6.07) is 15.1. The van der Waals surface area contributed by atoms with Gasteiger partial charge in [0.15, 0.2) is 22.4 Å². The number of ether oxygens (including phenoxy) is 2. The summed E-state index contributed by atoms with van der Waals surface area (Å²) in [6.45, 7) is 2.03. The van der Waals surface area contributed by atoms with Gasteiger partial charge in [0, 0.05) is 17.7 Å². The topological polar surface area (TPSA) is 66.2 Å². The zero-order chi connectivity index (χ0) is 19.2. The van der Waals surface area contributed by atoms with E-state index < -0.39 is 0 Å². The number of carbonyl (C=O) groups is 1. The maximum atomic E-state index is 12.6. The molecule has 1 aromatic heterocycles. The minimum absolute atomic E-state index is 0.0124. The number of methoxy groups -OCH3 is 2. The lowest BCUT2D eigenvalue weighted by atomic mass is 10.1. The third kappa shape index (κ3) is 4.14. The Balaban J connectivity index is 1.79. The van der Waals surface area contributed by atoms with E-state index >= 15 is 0 Å². The molecule has 7 heteroatoms. The van der Waals surface area contributed by atoms with Crippen LogP contribution >= 0.6 is 11.8 Å². The molecule has 0 bridgehead atoms. The Hall–Kier alpha value is -2.80. The highest BCUT2D eigenvalue weighted by molar-refractivity contribution is 7.99. The minimum atomic E-state index is -0.0124. The summed E-state index contributed by atoms with van der Waals surface area (Å²) in [4.78, 5) is 12.6. The van der Waals surface area contributed by atoms with E-state index in [0.29, 0.717) is 22.2 Å². The lowest BCUT2D eigenvalue weighted by Crippen LogP contribution is -2.06. The number of benzene rings is 2. The van der Waals surface area contributed by atoms with E-state index in [2.05, 4.69) is 10.2 Å². The second kappa shape index (κ2) is 8.73. The first-order valence-electron chi connectivity index (χ1n) is 8.55. The summed E-state index contributed by atoms with van der Waals surface area (Å²) in [5, 5.41) is 9.23. The SMILES string of the molecule is CCc1nnc(SCC(=O)c2ccc(OC)c(OC)c2)n1-c1ccccc1. The molecular weight excluding hydrogens is 362 g/mol. The maximum absolute atomic E-state index is 12.6. The van der Waals surface area contributed by atoms with E-state index in [1.54, 1.807) is 32.4 Å². The third-order valence-corrected chi connectivity index (χ3v) is 5.00. The monoisotopic (exact) mass is 383 g/mol. The van der Waals surface area contributed by atoms with Crippen LogP contribution in [0.5, 0.6) is 11.5 Å². The molecule has 27 heavy (non-hydrogen) atoms. The van der Waals surface area contributed by atoms with Crippen LogP contribution in [0.4, 0.5) is 0 Å². The molecule has 0 radical (unpaired) electrons. The second-order valence-electron chi connectivity index (χ2n) is 5.70. The molecule has 0 aliphatic heterocycles. The number of rotatable bonds is 8. The molecule has 6 nitrogen and oxygen atoms in total. The van der Waals surface area contributed by atoms with Crippen LogP contribution < -0.4 is 9.47 Å². The number of carbonyl (C=O) groups excluding carboxylic acids is 1. The minimum Gasteiger partial charge on any atom is -0.493 e. The summed E-state index contributed by atoms with van der Waals surface area (Å²) in [6.07, 6.45) is 0.756. The summed E-state index contributed by atoms with van der Waals surface area (Å²) in [7, 11) is 3.12. The number of para-hydroxylation sites is 1. The van der Waals surface area contributed by atoms with Crippen LogP contribution in [0.25, 0.3) is 5.69 Å². The Bertz CT molecular complexity index is 925. The molecule has 0 N–H and O–H groups in total. The number of thioether (sulfide) groups is 1. The van der Waals surface area contributed by atoms with Crippen LogP contribution in [-0.4, -0.2) is 40.5 Å². The van der Waals surface area contributed by atoms with Crippen molar-refractivity contribution in [1.29, 1.82) is 0 Å². The molecule has 3 rings (SSSR count). The lowest BCUT2D eigenvalue weighted by Gasteiger charge is -2.10. The van der Waals surface area contributed by atoms with Gasteiger partial charge in [0.05, 0.1) is 20.0 Å². The molecule has 0 atom stereocenters. The largest absolute Gasteiger partial charge is 0.493 e. The van der Waals surface area contributed by atoms with Gasteiger partial charge in [0.1, 0.15) is 5.82 Å². The Labute approximate surface area is 162 Å².